The van der Waals surface area contributed by atoms with Gasteiger partial charge in [-0.3, -0.25) is 9.79 Å². The molecule has 6 nitrogen and oxygen atoms in total. The van der Waals surface area contributed by atoms with Crippen molar-refractivity contribution in [3.8, 4) is 0 Å². The maximum Gasteiger partial charge on any atom is 0.287 e. The van der Waals surface area contributed by atoms with Crippen LogP contribution in [0.15, 0.2) is 58.1 Å². The number of aryl methyl sites for hydroxylation is 1. The third-order valence-electron chi connectivity index (χ3n) is 4.86. The number of guanidine groups is 1. The van der Waals surface area contributed by atoms with Crippen LogP contribution in [0, 0.1) is 6.92 Å². The summed E-state index contributed by atoms with van der Waals surface area (Å²) in [5.41, 5.74) is 3.54. The van der Waals surface area contributed by atoms with Gasteiger partial charge in [0.25, 0.3) is 5.91 Å². The Labute approximate surface area is 166 Å². The van der Waals surface area contributed by atoms with Gasteiger partial charge in [-0.15, -0.1) is 0 Å². The first-order chi connectivity index (χ1) is 13.7. The number of amides is 1. The molecule has 0 aliphatic carbocycles. The van der Waals surface area contributed by atoms with Crippen LogP contribution in [0.1, 0.15) is 34.5 Å². The van der Waals surface area contributed by atoms with Crippen molar-refractivity contribution in [2.45, 2.75) is 19.8 Å². The Morgan fingerprint density at radius 3 is 2.61 bits per heavy atom. The highest BCUT2D eigenvalue weighted by Gasteiger charge is 2.16. The lowest BCUT2D eigenvalue weighted by Crippen LogP contribution is -2.44. The molecule has 2 heterocycles. The quantitative estimate of drug-likeness (QED) is 0.459. The molecule has 3 rings (SSSR count). The molecule has 0 spiro atoms. The van der Waals surface area contributed by atoms with Crippen LogP contribution in [0.4, 0.5) is 0 Å². The van der Waals surface area contributed by atoms with E-state index in [-0.39, 0.29) is 5.91 Å². The monoisotopic (exact) mass is 380 g/mol. The number of hydrogen-bond acceptors (Lipinski definition) is 3. The first kappa shape index (κ1) is 19.7. The number of benzene rings is 1. The van der Waals surface area contributed by atoms with Gasteiger partial charge in [0.2, 0.25) is 0 Å². The van der Waals surface area contributed by atoms with Crippen molar-refractivity contribution in [3.63, 3.8) is 0 Å². The first-order valence-electron chi connectivity index (χ1n) is 9.71. The summed E-state index contributed by atoms with van der Waals surface area (Å²) in [4.78, 5) is 18.7. The van der Waals surface area contributed by atoms with E-state index in [2.05, 4.69) is 50.9 Å². The average Bonchev–Trinajstić information content (AvgIpc) is 3.17. The molecule has 2 aromatic rings. The van der Waals surface area contributed by atoms with Gasteiger partial charge in [-0.2, -0.15) is 0 Å². The van der Waals surface area contributed by atoms with Gasteiger partial charge >= 0.3 is 0 Å². The number of furan rings is 1. The normalized spacial score (nSPS) is 14.6. The Balaban J connectivity index is 1.40. The van der Waals surface area contributed by atoms with E-state index in [1.807, 2.05) is 13.0 Å². The van der Waals surface area contributed by atoms with Crippen LogP contribution in [-0.2, 0) is 0 Å². The highest BCUT2D eigenvalue weighted by molar-refractivity contribution is 5.92. The fourth-order valence-electron chi connectivity index (χ4n) is 3.28. The second-order valence-electron chi connectivity index (χ2n) is 6.81. The average molecular weight is 380 g/mol. The lowest BCUT2D eigenvalue weighted by Gasteiger charge is -2.29. The van der Waals surface area contributed by atoms with Crippen LogP contribution in [0.25, 0.3) is 5.57 Å². The van der Waals surface area contributed by atoms with E-state index in [0.717, 1.165) is 44.0 Å². The third-order valence-corrected chi connectivity index (χ3v) is 4.86. The second kappa shape index (κ2) is 9.78. The smallest absolute Gasteiger partial charge is 0.287 e. The lowest BCUT2D eigenvalue weighted by atomic mass is 10.00. The standard InChI is InChI=1S/C22H28N4O2/c1-17-11-16-28-20(17)21(27)24-12-6-13-25-22(23-2)26-14-9-19(10-15-26)18-7-4-3-5-8-18/h3-5,7-9,11,16H,6,10,12-15H2,1-2H3,(H,23,25)(H,24,27). The molecule has 28 heavy (non-hydrogen) atoms. The molecule has 2 N–H and O–H groups in total. The molecule has 0 radical (unpaired) electrons. The lowest BCUT2D eigenvalue weighted by molar-refractivity contribution is 0.0925. The summed E-state index contributed by atoms with van der Waals surface area (Å²) in [6.07, 6.45) is 5.62. The van der Waals surface area contributed by atoms with Gasteiger partial charge < -0.3 is 20.0 Å². The Hall–Kier alpha value is -3.02. The fraction of sp³-hybridized carbons (Fsp3) is 0.364. The zero-order valence-corrected chi connectivity index (χ0v) is 16.6. The van der Waals surface area contributed by atoms with Gasteiger partial charge in [0, 0.05) is 38.8 Å². The fourth-order valence-corrected chi connectivity index (χ4v) is 3.28. The highest BCUT2D eigenvalue weighted by atomic mass is 16.3. The van der Waals surface area contributed by atoms with Gasteiger partial charge in [-0.05, 0) is 37.0 Å². The Morgan fingerprint density at radius 1 is 1.18 bits per heavy atom. The number of nitrogens with one attached hydrogen (secondary N) is 2. The molecule has 1 aromatic carbocycles. The minimum atomic E-state index is -0.165. The molecule has 0 atom stereocenters. The molecule has 1 aliphatic heterocycles. The minimum absolute atomic E-state index is 0.165. The summed E-state index contributed by atoms with van der Waals surface area (Å²) in [6, 6.07) is 12.3. The van der Waals surface area contributed by atoms with E-state index in [4.69, 9.17) is 4.42 Å². The summed E-state index contributed by atoms with van der Waals surface area (Å²) < 4.78 is 5.20. The molecule has 0 bridgehead atoms. The van der Waals surface area contributed by atoms with E-state index in [1.165, 1.54) is 17.4 Å². The Kier molecular flexibility index (Phi) is 6.89. The highest BCUT2D eigenvalue weighted by Crippen LogP contribution is 2.21. The maximum atomic E-state index is 12.0. The summed E-state index contributed by atoms with van der Waals surface area (Å²) in [7, 11) is 1.81. The molecule has 0 fully saturated rings. The third kappa shape index (κ3) is 5.03. The summed E-state index contributed by atoms with van der Waals surface area (Å²) in [5.74, 6) is 1.12. The van der Waals surface area contributed by atoms with Crippen molar-refractivity contribution in [2.24, 2.45) is 4.99 Å². The van der Waals surface area contributed by atoms with Crippen molar-refractivity contribution in [2.75, 3.05) is 33.2 Å². The van der Waals surface area contributed by atoms with Crippen molar-refractivity contribution < 1.29 is 9.21 Å². The van der Waals surface area contributed by atoms with Crippen molar-refractivity contribution in [1.29, 1.82) is 0 Å². The van der Waals surface area contributed by atoms with E-state index in [0.29, 0.717) is 12.3 Å². The van der Waals surface area contributed by atoms with E-state index < -0.39 is 0 Å². The van der Waals surface area contributed by atoms with Gasteiger partial charge in [-0.1, -0.05) is 36.4 Å². The van der Waals surface area contributed by atoms with Crippen molar-refractivity contribution in [3.05, 3.63) is 65.6 Å². The van der Waals surface area contributed by atoms with Crippen LogP contribution < -0.4 is 10.6 Å². The molecule has 1 aromatic heterocycles. The predicted molar refractivity (Wildman–Crippen MR) is 112 cm³/mol. The zero-order chi connectivity index (χ0) is 19.8. The molecule has 0 saturated heterocycles. The number of nitrogens with zero attached hydrogens (tertiary/aromatic N) is 2. The number of rotatable bonds is 6. The van der Waals surface area contributed by atoms with E-state index in [9.17, 15) is 4.79 Å². The number of aliphatic imine (C=N–C) groups is 1. The van der Waals surface area contributed by atoms with Gasteiger partial charge in [0.1, 0.15) is 0 Å². The van der Waals surface area contributed by atoms with Gasteiger partial charge in [0.15, 0.2) is 11.7 Å². The van der Waals surface area contributed by atoms with Crippen LogP contribution in [0.5, 0.6) is 0 Å². The van der Waals surface area contributed by atoms with Crippen LogP contribution in [0.3, 0.4) is 0 Å². The number of carbonyl (C=O) groups excluding carboxylic acids is 1. The predicted octanol–water partition coefficient (Wildman–Crippen LogP) is 3.07. The van der Waals surface area contributed by atoms with Gasteiger partial charge in [-0.25, -0.2) is 0 Å². The van der Waals surface area contributed by atoms with Crippen LogP contribution in [-0.4, -0.2) is 50.0 Å². The minimum Gasteiger partial charge on any atom is -0.459 e. The van der Waals surface area contributed by atoms with Crippen LogP contribution in [0.2, 0.25) is 0 Å². The summed E-state index contributed by atoms with van der Waals surface area (Å²) in [5, 5.41) is 6.27. The summed E-state index contributed by atoms with van der Waals surface area (Å²) in [6.45, 7) is 4.98. The summed E-state index contributed by atoms with van der Waals surface area (Å²) >= 11 is 0. The zero-order valence-electron chi connectivity index (χ0n) is 16.6. The number of hydrogen-bond donors (Lipinski definition) is 2. The second-order valence-corrected chi connectivity index (χ2v) is 6.81. The largest absolute Gasteiger partial charge is 0.459 e. The van der Waals surface area contributed by atoms with Crippen molar-refractivity contribution in [1.82, 2.24) is 15.5 Å². The van der Waals surface area contributed by atoms with Crippen molar-refractivity contribution >= 4 is 17.4 Å². The Morgan fingerprint density at radius 2 is 1.96 bits per heavy atom. The molecule has 0 saturated carbocycles. The molecule has 6 heteroatoms. The van der Waals surface area contributed by atoms with Crippen LogP contribution >= 0.6 is 0 Å². The SMILES string of the molecule is CN=C(NCCCNC(=O)c1occc1C)N1CC=C(c2ccccc2)CC1. The number of carbonyl (C=O) groups is 1. The van der Waals surface area contributed by atoms with E-state index in [1.54, 1.807) is 13.1 Å². The molecule has 1 aliphatic rings. The molecule has 148 valence electrons. The van der Waals surface area contributed by atoms with Gasteiger partial charge in [0.05, 0.1) is 6.26 Å². The first-order valence-corrected chi connectivity index (χ1v) is 9.71. The van der Waals surface area contributed by atoms with E-state index >= 15 is 0 Å². The molecule has 1 amide bonds. The Bertz CT molecular complexity index is 839. The molecular weight excluding hydrogens is 352 g/mol. The topological polar surface area (TPSA) is 69.9 Å². The maximum absolute atomic E-state index is 12.0. The molecule has 0 unspecified atom stereocenters. The molecular formula is C22H28N4O2.